The third kappa shape index (κ3) is 2.33. The van der Waals surface area contributed by atoms with E-state index in [1.807, 2.05) is 0 Å². The largest absolute Gasteiger partial charge is 0.478 e. The fourth-order valence-corrected chi connectivity index (χ4v) is 1.88. The summed E-state index contributed by atoms with van der Waals surface area (Å²) in [6.07, 6.45) is 1.50. The lowest BCUT2D eigenvalue weighted by molar-refractivity contribution is 0.0698. The summed E-state index contributed by atoms with van der Waals surface area (Å²) in [6.45, 7) is 0. The Morgan fingerprint density at radius 1 is 1.35 bits per heavy atom. The van der Waals surface area contributed by atoms with Gasteiger partial charge in [-0.1, -0.05) is 0 Å². The number of aromatic nitrogens is 2. The highest BCUT2D eigenvalue weighted by atomic mass is 16.4. The minimum absolute atomic E-state index is 0.0250. The molecule has 0 aliphatic carbocycles. The smallest absolute Gasteiger partial charge is 0.337 e. The molecular weight excluding hydrogens is 260 g/mol. The van der Waals surface area contributed by atoms with Crippen LogP contribution < -0.4 is 10.6 Å². The second kappa shape index (κ2) is 5.04. The maximum atomic E-state index is 12.3. The lowest BCUT2D eigenvalue weighted by atomic mass is 10.1. The summed E-state index contributed by atoms with van der Waals surface area (Å²) in [5, 5.41) is 13.1. The standard InChI is InChI=1S/C13H14N4O3/c1-16(12(18)11-5-6-15-17(11)2)10-4-3-8(14)7-9(10)13(19)20/h3-7H,14H2,1-2H3,(H,19,20). The maximum Gasteiger partial charge on any atom is 0.337 e. The average Bonchev–Trinajstić information content (AvgIpc) is 2.83. The van der Waals surface area contributed by atoms with Crippen molar-refractivity contribution in [3.63, 3.8) is 0 Å². The number of carbonyl (C=O) groups is 2. The molecule has 0 aliphatic heterocycles. The third-order valence-electron chi connectivity index (χ3n) is 2.96. The molecule has 3 N–H and O–H groups in total. The zero-order valence-corrected chi connectivity index (χ0v) is 11.1. The number of nitrogen functional groups attached to an aromatic ring is 1. The summed E-state index contributed by atoms with van der Waals surface area (Å²) >= 11 is 0. The lowest BCUT2D eigenvalue weighted by Gasteiger charge is -2.19. The van der Waals surface area contributed by atoms with E-state index in [4.69, 9.17) is 5.73 Å². The molecule has 1 amide bonds. The summed E-state index contributed by atoms with van der Waals surface area (Å²) in [5.41, 5.74) is 6.52. The van der Waals surface area contributed by atoms with Gasteiger partial charge in [-0.15, -0.1) is 0 Å². The molecule has 0 aliphatic rings. The minimum Gasteiger partial charge on any atom is -0.478 e. The highest BCUT2D eigenvalue weighted by molar-refractivity contribution is 6.08. The van der Waals surface area contributed by atoms with Crippen molar-refractivity contribution in [1.82, 2.24) is 9.78 Å². The van der Waals surface area contributed by atoms with Gasteiger partial charge in [-0.3, -0.25) is 9.48 Å². The van der Waals surface area contributed by atoms with Gasteiger partial charge in [-0.25, -0.2) is 4.79 Å². The summed E-state index contributed by atoms with van der Waals surface area (Å²) in [4.78, 5) is 24.8. The van der Waals surface area contributed by atoms with Crippen molar-refractivity contribution >= 4 is 23.3 Å². The number of rotatable bonds is 3. The Hall–Kier alpha value is -2.83. The molecule has 1 aromatic carbocycles. The van der Waals surface area contributed by atoms with E-state index in [2.05, 4.69) is 5.10 Å². The van der Waals surface area contributed by atoms with Gasteiger partial charge in [0.2, 0.25) is 0 Å². The van der Waals surface area contributed by atoms with Gasteiger partial charge >= 0.3 is 5.97 Å². The predicted molar refractivity (Wildman–Crippen MR) is 73.8 cm³/mol. The SMILES string of the molecule is CN(C(=O)c1ccnn1C)c1ccc(N)cc1C(=O)O. The Bertz CT molecular complexity index is 678. The molecule has 1 aromatic heterocycles. The monoisotopic (exact) mass is 274 g/mol. The number of benzene rings is 1. The highest BCUT2D eigenvalue weighted by Gasteiger charge is 2.21. The topological polar surface area (TPSA) is 101 Å². The fraction of sp³-hybridized carbons (Fsp3) is 0.154. The molecule has 20 heavy (non-hydrogen) atoms. The van der Waals surface area contributed by atoms with E-state index in [1.54, 1.807) is 19.2 Å². The van der Waals surface area contributed by atoms with Crippen LogP contribution in [0.15, 0.2) is 30.5 Å². The van der Waals surface area contributed by atoms with E-state index < -0.39 is 5.97 Å². The average molecular weight is 274 g/mol. The molecule has 2 rings (SSSR count). The molecule has 0 saturated carbocycles. The molecule has 7 nitrogen and oxygen atoms in total. The Morgan fingerprint density at radius 2 is 2.05 bits per heavy atom. The maximum absolute atomic E-state index is 12.3. The Labute approximate surface area is 115 Å². The molecule has 0 unspecified atom stereocenters. The molecule has 7 heteroatoms. The molecule has 0 spiro atoms. The second-order valence-corrected chi connectivity index (χ2v) is 4.29. The van der Waals surface area contributed by atoms with Gasteiger partial charge in [0.1, 0.15) is 5.69 Å². The van der Waals surface area contributed by atoms with Crippen molar-refractivity contribution in [1.29, 1.82) is 0 Å². The van der Waals surface area contributed by atoms with Gasteiger partial charge in [0.25, 0.3) is 5.91 Å². The van der Waals surface area contributed by atoms with Crippen LogP contribution in [-0.2, 0) is 7.05 Å². The van der Waals surface area contributed by atoms with Gasteiger partial charge in [0, 0.05) is 26.0 Å². The number of carboxylic acid groups (broad SMARTS) is 1. The van der Waals surface area contributed by atoms with E-state index in [0.717, 1.165) is 0 Å². The first kappa shape index (κ1) is 13.6. The predicted octanol–water partition coefficient (Wildman–Crippen LogP) is 0.977. The number of anilines is 2. The lowest BCUT2D eigenvalue weighted by Crippen LogP contribution is -2.29. The number of aromatic carboxylic acids is 1. The highest BCUT2D eigenvalue weighted by Crippen LogP contribution is 2.23. The van der Waals surface area contributed by atoms with E-state index >= 15 is 0 Å². The minimum atomic E-state index is -1.14. The van der Waals surface area contributed by atoms with Gasteiger partial charge in [0.15, 0.2) is 0 Å². The van der Waals surface area contributed by atoms with Crippen molar-refractivity contribution in [3.8, 4) is 0 Å². The Balaban J connectivity index is 2.44. The number of amides is 1. The van der Waals surface area contributed by atoms with Crippen LogP contribution in [0.1, 0.15) is 20.8 Å². The molecule has 0 fully saturated rings. The number of carbonyl (C=O) groups excluding carboxylic acids is 1. The molecule has 0 saturated heterocycles. The van der Waals surface area contributed by atoms with Crippen LogP contribution >= 0.6 is 0 Å². The van der Waals surface area contributed by atoms with E-state index in [1.165, 1.54) is 35.0 Å². The fourth-order valence-electron chi connectivity index (χ4n) is 1.88. The molecule has 0 bridgehead atoms. The van der Waals surface area contributed by atoms with Crippen LogP contribution in [0.25, 0.3) is 0 Å². The van der Waals surface area contributed by atoms with Crippen LogP contribution in [0.2, 0.25) is 0 Å². The van der Waals surface area contributed by atoms with E-state index in [9.17, 15) is 14.7 Å². The van der Waals surface area contributed by atoms with Crippen molar-refractivity contribution in [2.24, 2.45) is 7.05 Å². The van der Waals surface area contributed by atoms with E-state index in [0.29, 0.717) is 11.4 Å². The van der Waals surface area contributed by atoms with E-state index in [-0.39, 0.29) is 17.2 Å². The van der Waals surface area contributed by atoms with Crippen LogP contribution in [0.4, 0.5) is 11.4 Å². The van der Waals surface area contributed by atoms with Gasteiger partial charge < -0.3 is 15.7 Å². The molecule has 2 aromatic rings. The van der Waals surface area contributed by atoms with Gasteiger partial charge in [-0.05, 0) is 24.3 Å². The van der Waals surface area contributed by atoms with Crippen molar-refractivity contribution < 1.29 is 14.7 Å². The normalized spacial score (nSPS) is 10.3. The van der Waals surface area contributed by atoms with Gasteiger partial charge in [0.05, 0.1) is 11.3 Å². The third-order valence-corrected chi connectivity index (χ3v) is 2.96. The Kier molecular flexibility index (Phi) is 3.43. The second-order valence-electron chi connectivity index (χ2n) is 4.29. The summed E-state index contributed by atoms with van der Waals surface area (Å²) < 4.78 is 1.43. The quantitative estimate of drug-likeness (QED) is 0.812. The zero-order valence-electron chi connectivity index (χ0n) is 11.1. The molecular formula is C13H14N4O3. The number of hydrogen-bond acceptors (Lipinski definition) is 4. The molecule has 104 valence electrons. The first-order valence-electron chi connectivity index (χ1n) is 5.80. The van der Waals surface area contributed by atoms with Crippen molar-refractivity contribution in [2.75, 3.05) is 17.7 Å². The van der Waals surface area contributed by atoms with Crippen molar-refractivity contribution in [3.05, 3.63) is 41.7 Å². The Morgan fingerprint density at radius 3 is 2.60 bits per heavy atom. The zero-order chi connectivity index (χ0) is 14.9. The summed E-state index contributed by atoms with van der Waals surface area (Å²) in [7, 11) is 3.15. The first-order valence-corrected chi connectivity index (χ1v) is 5.80. The van der Waals surface area contributed by atoms with Crippen LogP contribution in [-0.4, -0.2) is 33.8 Å². The summed E-state index contributed by atoms with van der Waals surface area (Å²) in [5.74, 6) is -1.49. The number of aryl methyl sites for hydroxylation is 1. The molecule has 0 radical (unpaired) electrons. The first-order chi connectivity index (χ1) is 9.41. The molecule has 1 heterocycles. The van der Waals surface area contributed by atoms with Crippen LogP contribution in [0.5, 0.6) is 0 Å². The number of carboxylic acids is 1. The van der Waals surface area contributed by atoms with Gasteiger partial charge in [-0.2, -0.15) is 5.10 Å². The summed E-state index contributed by atoms with van der Waals surface area (Å²) in [6, 6.07) is 5.95. The number of nitrogens with two attached hydrogens (primary N) is 1. The van der Waals surface area contributed by atoms with Crippen LogP contribution in [0, 0.1) is 0 Å². The van der Waals surface area contributed by atoms with Crippen LogP contribution in [0.3, 0.4) is 0 Å². The van der Waals surface area contributed by atoms with Crippen molar-refractivity contribution in [2.45, 2.75) is 0 Å². The number of nitrogens with zero attached hydrogens (tertiary/aromatic N) is 3. The molecule has 0 atom stereocenters. The number of hydrogen-bond donors (Lipinski definition) is 2.